The van der Waals surface area contributed by atoms with Crippen LogP contribution in [0.4, 0.5) is 0 Å². The second-order valence-corrected chi connectivity index (χ2v) is 6.06. The molecule has 21 heavy (non-hydrogen) atoms. The van der Waals surface area contributed by atoms with E-state index >= 15 is 0 Å². The minimum absolute atomic E-state index is 0.0382. The van der Waals surface area contributed by atoms with Gasteiger partial charge in [0.2, 0.25) is 10.0 Å². The number of ether oxygens (including phenoxy) is 1. The van der Waals surface area contributed by atoms with E-state index in [2.05, 4.69) is 9.71 Å². The first-order valence-corrected chi connectivity index (χ1v) is 7.71. The van der Waals surface area contributed by atoms with Gasteiger partial charge in [-0.1, -0.05) is 6.07 Å². The molecule has 2 rings (SSSR count). The molecule has 0 aliphatic heterocycles. The van der Waals surface area contributed by atoms with Crippen LogP contribution < -0.4 is 9.46 Å². The first-order chi connectivity index (χ1) is 10.1. The van der Waals surface area contributed by atoms with Crippen molar-refractivity contribution >= 4 is 10.0 Å². The van der Waals surface area contributed by atoms with Gasteiger partial charge in [-0.2, -0.15) is 0 Å². The summed E-state index contributed by atoms with van der Waals surface area (Å²) in [4.78, 5) is 3.91. The van der Waals surface area contributed by atoms with Gasteiger partial charge in [0.25, 0.3) is 0 Å². The minimum Gasteiger partial charge on any atom is -0.495 e. The molecule has 0 saturated heterocycles. The molecular weight excluding hydrogens is 292 g/mol. The van der Waals surface area contributed by atoms with Crippen molar-refractivity contribution in [3.05, 3.63) is 53.9 Å². The molecule has 0 unspecified atom stereocenters. The molecular formula is C14H16N2O4S. The highest BCUT2D eigenvalue weighted by Gasteiger charge is 2.19. The van der Waals surface area contributed by atoms with Gasteiger partial charge in [0.05, 0.1) is 13.7 Å². The summed E-state index contributed by atoms with van der Waals surface area (Å²) in [6.07, 6.45) is 3.19. The van der Waals surface area contributed by atoms with Crippen molar-refractivity contribution in [3.8, 4) is 5.75 Å². The number of hydrogen-bond acceptors (Lipinski definition) is 5. The average molecular weight is 308 g/mol. The van der Waals surface area contributed by atoms with E-state index in [4.69, 9.17) is 9.84 Å². The molecule has 0 bridgehead atoms. The van der Waals surface area contributed by atoms with Crippen molar-refractivity contribution in [2.45, 2.75) is 18.0 Å². The number of methoxy groups -OCH3 is 1. The van der Waals surface area contributed by atoms with Crippen LogP contribution in [0.2, 0.25) is 0 Å². The predicted molar refractivity (Wildman–Crippen MR) is 77.2 cm³/mol. The van der Waals surface area contributed by atoms with E-state index in [1.165, 1.54) is 19.2 Å². The number of rotatable bonds is 6. The molecule has 0 radical (unpaired) electrons. The van der Waals surface area contributed by atoms with Gasteiger partial charge >= 0.3 is 0 Å². The first kappa shape index (κ1) is 15.4. The summed E-state index contributed by atoms with van der Waals surface area (Å²) in [5, 5.41) is 9.08. The molecule has 0 aliphatic rings. The van der Waals surface area contributed by atoms with E-state index in [1.807, 2.05) is 0 Å². The van der Waals surface area contributed by atoms with Gasteiger partial charge in [-0.05, 0) is 35.4 Å². The third kappa shape index (κ3) is 3.78. The third-order valence-electron chi connectivity index (χ3n) is 2.92. The fourth-order valence-corrected chi connectivity index (χ4v) is 2.96. The monoisotopic (exact) mass is 308 g/mol. The van der Waals surface area contributed by atoms with Crippen LogP contribution in [0.25, 0.3) is 0 Å². The molecule has 2 N–H and O–H groups in total. The minimum atomic E-state index is -3.70. The second kappa shape index (κ2) is 6.66. The van der Waals surface area contributed by atoms with Gasteiger partial charge in [-0.25, -0.2) is 13.1 Å². The Kier molecular flexibility index (Phi) is 4.89. The quantitative estimate of drug-likeness (QED) is 0.833. The Morgan fingerprint density at radius 2 is 1.90 bits per heavy atom. The Morgan fingerprint density at radius 1 is 1.19 bits per heavy atom. The normalized spacial score (nSPS) is 11.3. The molecule has 0 amide bonds. The molecule has 6 nitrogen and oxygen atoms in total. The third-order valence-corrected chi connectivity index (χ3v) is 4.36. The average Bonchev–Trinajstić information content (AvgIpc) is 2.53. The lowest BCUT2D eigenvalue weighted by Crippen LogP contribution is -2.23. The van der Waals surface area contributed by atoms with Crippen LogP contribution in [0.1, 0.15) is 11.1 Å². The summed E-state index contributed by atoms with van der Waals surface area (Å²) in [6, 6.07) is 7.92. The summed E-state index contributed by atoms with van der Waals surface area (Å²) < 4.78 is 32.2. The number of aliphatic hydroxyl groups excluding tert-OH is 1. The van der Waals surface area contributed by atoms with Crippen molar-refractivity contribution in [1.82, 2.24) is 9.71 Å². The predicted octanol–water partition coefficient (Wildman–Crippen LogP) is 1.06. The van der Waals surface area contributed by atoms with E-state index in [0.29, 0.717) is 5.56 Å². The Hall–Kier alpha value is -1.96. The van der Waals surface area contributed by atoms with Crippen molar-refractivity contribution in [3.63, 3.8) is 0 Å². The van der Waals surface area contributed by atoms with E-state index < -0.39 is 10.0 Å². The highest BCUT2D eigenvalue weighted by atomic mass is 32.2. The highest BCUT2D eigenvalue weighted by Crippen LogP contribution is 2.25. The van der Waals surface area contributed by atoms with Crippen LogP contribution in [-0.4, -0.2) is 25.6 Å². The number of nitrogens with one attached hydrogen (secondary N) is 1. The van der Waals surface area contributed by atoms with Crippen molar-refractivity contribution in [1.29, 1.82) is 0 Å². The van der Waals surface area contributed by atoms with Crippen LogP contribution in [0, 0.1) is 0 Å². The Balaban J connectivity index is 2.23. The topological polar surface area (TPSA) is 88.5 Å². The van der Waals surface area contributed by atoms with Crippen LogP contribution in [-0.2, 0) is 23.2 Å². The summed E-state index contributed by atoms with van der Waals surface area (Å²) in [5.74, 6) is 0.198. The van der Waals surface area contributed by atoms with Crippen LogP contribution >= 0.6 is 0 Å². The number of aromatic nitrogens is 1. The highest BCUT2D eigenvalue weighted by molar-refractivity contribution is 7.89. The first-order valence-electron chi connectivity index (χ1n) is 6.23. The van der Waals surface area contributed by atoms with Crippen LogP contribution in [0.5, 0.6) is 5.75 Å². The maximum Gasteiger partial charge on any atom is 0.244 e. The number of aliphatic hydroxyl groups is 1. The van der Waals surface area contributed by atoms with Crippen LogP contribution in [0.15, 0.2) is 47.6 Å². The van der Waals surface area contributed by atoms with Crippen molar-refractivity contribution < 1.29 is 18.3 Å². The fraction of sp³-hybridized carbons (Fsp3) is 0.214. The standard InChI is InChI=1S/C14H16N2O4S/c1-20-13-8-12(10-17)2-3-14(13)21(18,19)16-9-11-4-6-15-7-5-11/h2-8,16-17H,9-10H2,1H3. The maximum absolute atomic E-state index is 12.3. The van der Waals surface area contributed by atoms with Gasteiger partial charge < -0.3 is 9.84 Å². The lowest BCUT2D eigenvalue weighted by atomic mass is 10.2. The molecule has 0 fully saturated rings. The van der Waals surface area contributed by atoms with Crippen molar-refractivity contribution in [2.75, 3.05) is 7.11 Å². The summed E-state index contributed by atoms with van der Waals surface area (Å²) >= 11 is 0. The molecule has 1 heterocycles. The van der Waals surface area contributed by atoms with E-state index in [-0.39, 0.29) is 23.8 Å². The summed E-state index contributed by atoms with van der Waals surface area (Å²) in [7, 11) is -2.32. The Morgan fingerprint density at radius 3 is 2.52 bits per heavy atom. The zero-order valence-corrected chi connectivity index (χ0v) is 12.3. The Labute approximate surface area is 123 Å². The van der Waals surface area contributed by atoms with E-state index in [9.17, 15) is 8.42 Å². The van der Waals surface area contributed by atoms with Crippen molar-refractivity contribution in [2.24, 2.45) is 0 Å². The molecule has 1 aromatic heterocycles. The number of pyridine rings is 1. The largest absolute Gasteiger partial charge is 0.495 e. The number of benzene rings is 1. The van der Waals surface area contributed by atoms with Gasteiger partial charge in [0, 0.05) is 18.9 Å². The molecule has 2 aromatic rings. The number of hydrogen-bond donors (Lipinski definition) is 2. The van der Waals surface area contributed by atoms with Gasteiger partial charge in [-0.15, -0.1) is 0 Å². The molecule has 0 spiro atoms. The zero-order chi connectivity index (χ0) is 15.3. The van der Waals surface area contributed by atoms with Gasteiger partial charge in [-0.3, -0.25) is 4.98 Å². The maximum atomic E-state index is 12.3. The summed E-state index contributed by atoms with van der Waals surface area (Å²) in [5.41, 5.74) is 1.39. The Bertz CT molecular complexity index is 702. The number of sulfonamides is 1. The molecule has 0 atom stereocenters. The molecule has 0 aliphatic carbocycles. The SMILES string of the molecule is COc1cc(CO)ccc1S(=O)(=O)NCc1ccncc1. The fourth-order valence-electron chi connectivity index (χ4n) is 1.79. The lowest BCUT2D eigenvalue weighted by molar-refractivity contribution is 0.280. The van der Waals surface area contributed by atoms with E-state index in [1.54, 1.807) is 30.6 Å². The van der Waals surface area contributed by atoms with Gasteiger partial charge in [0.1, 0.15) is 10.6 Å². The molecule has 7 heteroatoms. The van der Waals surface area contributed by atoms with E-state index in [0.717, 1.165) is 5.56 Å². The number of nitrogens with zero attached hydrogens (tertiary/aromatic N) is 1. The molecule has 0 saturated carbocycles. The summed E-state index contributed by atoms with van der Waals surface area (Å²) in [6.45, 7) is -0.0170. The second-order valence-electron chi connectivity index (χ2n) is 4.32. The smallest absolute Gasteiger partial charge is 0.244 e. The van der Waals surface area contributed by atoms with Crippen LogP contribution in [0.3, 0.4) is 0 Å². The zero-order valence-electron chi connectivity index (χ0n) is 11.5. The van der Waals surface area contributed by atoms with Gasteiger partial charge in [0.15, 0.2) is 0 Å². The molecule has 1 aromatic carbocycles. The molecule has 112 valence electrons. The lowest BCUT2D eigenvalue weighted by Gasteiger charge is -2.11.